The van der Waals surface area contributed by atoms with Crippen LogP contribution in [0, 0.1) is 50.2 Å². The fraction of sp³-hybridized carbons (Fsp3) is 0.906. The van der Waals surface area contributed by atoms with Crippen LogP contribution in [0.3, 0.4) is 0 Å². The predicted molar refractivity (Wildman–Crippen MR) is 148 cm³/mol. The Bertz CT molecular complexity index is 919. The van der Waals surface area contributed by atoms with E-state index in [2.05, 4.69) is 67.7 Å². The predicted octanol–water partition coefficient (Wildman–Crippen LogP) is 8.69. The highest BCUT2D eigenvalue weighted by molar-refractivity contribution is 7.98. The molecule has 4 fully saturated rings. The van der Waals surface area contributed by atoms with Crippen molar-refractivity contribution in [3.63, 3.8) is 0 Å². The van der Waals surface area contributed by atoms with Crippen molar-refractivity contribution in [3.05, 3.63) is 11.6 Å². The summed E-state index contributed by atoms with van der Waals surface area (Å²) in [5, 5.41) is 0. The van der Waals surface area contributed by atoms with Crippen LogP contribution in [-0.4, -0.2) is 24.1 Å². The van der Waals surface area contributed by atoms with E-state index in [1.54, 1.807) is 17.3 Å². The monoisotopic (exact) mass is 500 g/mol. The van der Waals surface area contributed by atoms with Gasteiger partial charge in [0.1, 0.15) is 0 Å². The summed E-state index contributed by atoms with van der Waals surface area (Å²) < 4.78 is 6.39. The van der Waals surface area contributed by atoms with Gasteiger partial charge in [-0.15, -0.1) is 11.8 Å². The third-order valence-corrected chi connectivity index (χ3v) is 13.5. The van der Waals surface area contributed by atoms with Gasteiger partial charge in [0, 0.05) is 5.92 Å². The van der Waals surface area contributed by atoms with E-state index in [0.29, 0.717) is 34.6 Å². The quantitative estimate of drug-likeness (QED) is 0.362. The average molecular weight is 501 g/mol. The number of allylic oxidation sites excluding steroid dienone is 2. The van der Waals surface area contributed by atoms with Crippen LogP contribution >= 0.6 is 11.8 Å². The number of rotatable bonds is 3. The van der Waals surface area contributed by atoms with Crippen LogP contribution in [0.15, 0.2) is 11.6 Å². The molecule has 3 heteroatoms. The van der Waals surface area contributed by atoms with Gasteiger partial charge in [0.15, 0.2) is 5.78 Å². The van der Waals surface area contributed by atoms with Crippen molar-refractivity contribution in [2.45, 2.75) is 119 Å². The van der Waals surface area contributed by atoms with Crippen molar-refractivity contribution in [1.29, 1.82) is 0 Å². The van der Waals surface area contributed by atoms with Gasteiger partial charge >= 0.3 is 0 Å². The van der Waals surface area contributed by atoms with E-state index < -0.39 is 0 Å². The molecule has 4 saturated carbocycles. The lowest BCUT2D eigenvalue weighted by Gasteiger charge is -2.70. The van der Waals surface area contributed by atoms with Gasteiger partial charge in [0.2, 0.25) is 0 Å². The van der Waals surface area contributed by atoms with Crippen LogP contribution < -0.4 is 0 Å². The van der Waals surface area contributed by atoms with Crippen molar-refractivity contribution in [3.8, 4) is 0 Å². The minimum atomic E-state index is 0.0599. The molecular formula is C32H52O2S. The van der Waals surface area contributed by atoms with Gasteiger partial charge < -0.3 is 4.74 Å². The van der Waals surface area contributed by atoms with Crippen molar-refractivity contribution < 1.29 is 9.53 Å². The van der Waals surface area contributed by atoms with Crippen molar-refractivity contribution in [1.82, 2.24) is 0 Å². The summed E-state index contributed by atoms with van der Waals surface area (Å²) in [4.78, 5) is 14.4. The third kappa shape index (κ3) is 3.55. The molecule has 0 radical (unpaired) electrons. The summed E-state index contributed by atoms with van der Waals surface area (Å²) in [5.74, 6) is 2.50. The number of ketones is 1. The summed E-state index contributed by atoms with van der Waals surface area (Å²) in [6.07, 6.45) is 15.8. The molecule has 5 aliphatic carbocycles. The Kier molecular flexibility index (Phi) is 6.10. The van der Waals surface area contributed by atoms with E-state index in [4.69, 9.17) is 4.74 Å². The molecule has 2 nitrogen and oxygen atoms in total. The zero-order valence-electron chi connectivity index (χ0n) is 24.2. The fourth-order valence-electron chi connectivity index (χ4n) is 10.8. The molecule has 35 heavy (non-hydrogen) atoms. The molecule has 5 rings (SSSR count). The van der Waals surface area contributed by atoms with Gasteiger partial charge in [-0.3, -0.25) is 4.79 Å². The van der Waals surface area contributed by atoms with Crippen LogP contribution in [0.2, 0.25) is 0 Å². The summed E-state index contributed by atoms with van der Waals surface area (Å²) >= 11 is 1.78. The smallest absolute Gasteiger partial charge is 0.159 e. The molecule has 0 amide bonds. The van der Waals surface area contributed by atoms with Gasteiger partial charge in [-0.25, -0.2) is 0 Å². The topological polar surface area (TPSA) is 26.3 Å². The normalized spacial score (nSPS) is 50.3. The van der Waals surface area contributed by atoms with Gasteiger partial charge in [-0.1, -0.05) is 61.0 Å². The summed E-state index contributed by atoms with van der Waals surface area (Å²) in [6, 6.07) is 0. The van der Waals surface area contributed by atoms with Crippen molar-refractivity contribution in [2.24, 2.45) is 50.2 Å². The second kappa shape index (κ2) is 8.11. The maximum atomic E-state index is 14.4. The van der Waals surface area contributed by atoms with Crippen molar-refractivity contribution >= 4 is 17.5 Å². The lowest BCUT2D eigenvalue weighted by molar-refractivity contribution is -0.206. The number of carbonyl (C=O) groups excluding carboxylic acids is 1. The molecule has 0 spiro atoms. The van der Waals surface area contributed by atoms with Gasteiger partial charge in [0.25, 0.3) is 0 Å². The highest BCUT2D eigenvalue weighted by atomic mass is 32.2. The van der Waals surface area contributed by atoms with Gasteiger partial charge in [-0.05, 0) is 114 Å². The molecule has 0 bridgehead atoms. The van der Waals surface area contributed by atoms with Crippen LogP contribution in [-0.2, 0) is 9.53 Å². The second-order valence-electron chi connectivity index (χ2n) is 15.8. The molecule has 198 valence electrons. The Labute approximate surface area is 220 Å². The van der Waals surface area contributed by atoms with E-state index >= 15 is 0 Å². The molecule has 0 aromatic heterocycles. The highest BCUT2D eigenvalue weighted by Crippen LogP contribution is 2.75. The van der Waals surface area contributed by atoms with Crippen molar-refractivity contribution in [2.75, 3.05) is 12.2 Å². The van der Waals surface area contributed by atoms with Gasteiger partial charge in [-0.2, -0.15) is 0 Å². The minimum absolute atomic E-state index is 0.0599. The maximum Gasteiger partial charge on any atom is 0.159 e. The van der Waals surface area contributed by atoms with E-state index in [1.807, 2.05) is 0 Å². The molecule has 0 aromatic rings. The van der Waals surface area contributed by atoms with E-state index in [0.717, 1.165) is 18.8 Å². The van der Waals surface area contributed by atoms with Crippen LogP contribution in [0.25, 0.3) is 0 Å². The Morgan fingerprint density at radius 2 is 1.60 bits per heavy atom. The molecular weight excluding hydrogens is 448 g/mol. The fourth-order valence-corrected chi connectivity index (χ4v) is 11.1. The maximum absolute atomic E-state index is 14.4. The lowest BCUT2D eigenvalue weighted by atomic mass is 9.33. The molecule has 0 aromatic carbocycles. The second-order valence-corrected chi connectivity index (χ2v) is 16.6. The number of fused-ring (bicyclic) bond motifs is 7. The van der Waals surface area contributed by atoms with E-state index in [1.165, 1.54) is 44.9 Å². The largest absolute Gasteiger partial charge is 0.367 e. The Morgan fingerprint density at radius 3 is 2.29 bits per heavy atom. The number of hydrogen-bond acceptors (Lipinski definition) is 3. The summed E-state index contributed by atoms with van der Waals surface area (Å²) in [5.41, 5.74) is 2.69. The third-order valence-electron chi connectivity index (χ3n) is 13.1. The first-order valence-electron chi connectivity index (χ1n) is 14.5. The standard InChI is InChI=1S/C32H52O2S/c1-27(2)14-15-29(5)16-17-31(7)21(22(29)19-27)18-23(33)26-30(6)12-11-25(34-20-35-9)28(3,4)24(30)10-13-32(26,31)8/h18,22,24-26H,10-17,19-20H2,1-9H3. The summed E-state index contributed by atoms with van der Waals surface area (Å²) in [7, 11) is 0. The molecule has 8 unspecified atom stereocenters. The first-order valence-corrected chi connectivity index (χ1v) is 15.9. The Morgan fingerprint density at radius 1 is 0.914 bits per heavy atom. The summed E-state index contributed by atoms with van der Waals surface area (Å²) in [6.45, 7) is 20.0. The molecule has 0 N–H and O–H groups in total. The Balaban J connectivity index is 1.56. The zero-order valence-corrected chi connectivity index (χ0v) is 25.0. The molecule has 0 saturated heterocycles. The van der Waals surface area contributed by atoms with Gasteiger partial charge in [0.05, 0.1) is 12.0 Å². The number of hydrogen-bond donors (Lipinski definition) is 0. The zero-order chi connectivity index (χ0) is 25.7. The lowest BCUT2D eigenvalue weighted by Crippen LogP contribution is -2.66. The number of carbonyl (C=O) groups is 1. The minimum Gasteiger partial charge on any atom is -0.367 e. The SMILES string of the molecule is CSCOC1CCC2(C)C(CCC3(C)C2C(=O)C=C2C4CC(C)(C)CCC4(C)CCC23C)C1(C)C. The highest BCUT2D eigenvalue weighted by Gasteiger charge is 2.70. The van der Waals surface area contributed by atoms with Crippen LogP contribution in [0.4, 0.5) is 0 Å². The van der Waals surface area contributed by atoms with Crippen LogP contribution in [0.1, 0.15) is 113 Å². The van der Waals surface area contributed by atoms with Crippen LogP contribution in [0.5, 0.6) is 0 Å². The average Bonchev–Trinajstić information content (AvgIpc) is 2.75. The molecule has 0 heterocycles. The van der Waals surface area contributed by atoms with E-state index in [9.17, 15) is 4.79 Å². The Hall–Kier alpha value is -0.280. The number of ether oxygens (including phenoxy) is 1. The first-order chi connectivity index (χ1) is 16.1. The number of thioether (sulfide) groups is 1. The molecule has 0 aliphatic heterocycles. The first kappa shape index (κ1) is 26.3. The molecule has 8 atom stereocenters. The molecule has 5 aliphatic rings. The van der Waals surface area contributed by atoms with E-state index in [-0.39, 0.29) is 27.6 Å².